The van der Waals surface area contributed by atoms with Crippen molar-refractivity contribution in [3.05, 3.63) is 93.3 Å². The van der Waals surface area contributed by atoms with Gasteiger partial charge in [-0.1, -0.05) is 53.5 Å². The van der Waals surface area contributed by atoms with Crippen LogP contribution in [0.15, 0.2) is 72.8 Å². The number of rotatable bonds is 4. The van der Waals surface area contributed by atoms with Gasteiger partial charge in [-0.15, -0.1) is 11.3 Å². The summed E-state index contributed by atoms with van der Waals surface area (Å²) in [5.41, 5.74) is 1.50. The van der Waals surface area contributed by atoms with Gasteiger partial charge in [0, 0.05) is 32.0 Å². The smallest absolute Gasteiger partial charge is 0.267 e. The Kier molecular flexibility index (Phi) is 5.53. The van der Waals surface area contributed by atoms with Crippen LogP contribution in [0.1, 0.15) is 20.0 Å². The van der Waals surface area contributed by atoms with Gasteiger partial charge >= 0.3 is 0 Å². The average Bonchev–Trinajstić information content (AvgIpc) is 3.05. The van der Waals surface area contributed by atoms with Crippen molar-refractivity contribution >= 4 is 67.8 Å². The van der Waals surface area contributed by atoms with E-state index < -0.39 is 0 Å². The van der Waals surface area contributed by atoms with Crippen molar-refractivity contribution in [3.8, 4) is 0 Å². The van der Waals surface area contributed by atoms with Crippen molar-refractivity contribution in [2.75, 3.05) is 10.6 Å². The maximum absolute atomic E-state index is 12.7. The topological polar surface area (TPSA) is 58.2 Å². The van der Waals surface area contributed by atoms with Gasteiger partial charge in [-0.2, -0.15) is 0 Å². The predicted octanol–water partition coefficient (Wildman–Crippen LogP) is 6.71. The molecule has 2 N–H and O–H groups in total. The van der Waals surface area contributed by atoms with Crippen molar-refractivity contribution in [1.82, 2.24) is 0 Å². The van der Waals surface area contributed by atoms with E-state index in [2.05, 4.69) is 10.6 Å². The Labute approximate surface area is 181 Å². The molecule has 2 amide bonds. The number of thiophene rings is 1. The Bertz CT molecular complexity index is 1240. The largest absolute Gasteiger partial charge is 0.322 e. The number of benzene rings is 3. The molecule has 0 bridgehead atoms. The zero-order chi connectivity index (χ0) is 20.4. The minimum atomic E-state index is -0.316. The number of amides is 2. The molecule has 0 unspecified atom stereocenters. The number of fused-ring (bicyclic) bond motifs is 1. The van der Waals surface area contributed by atoms with Crippen molar-refractivity contribution < 1.29 is 9.59 Å². The second kappa shape index (κ2) is 8.25. The maximum Gasteiger partial charge on any atom is 0.267 e. The fraction of sp³-hybridized carbons (Fsp3) is 0. The first-order valence-electron chi connectivity index (χ1n) is 8.66. The van der Waals surface area contributed by atoms with E-state index in [1.54, 1.807) is 48.5 Å². The molecule has 4 nitrogen and oxygen atoms in total. The highest BCUT2D eigenvalue weighted by Crippen LogP contribution is 2.35. The number of halogens is 2. The van der Waals surface area contributed by atoms with Gasteiger partial charge in [0.25, 0.3) is 11.8 Å². The summed E-state index contributed by atoms with van der Waals surface area (Å²) in [6, 6.07) is 21.2. The van der Waals surface area contributed by atoms with Crippen LogP contribution in [-0.2, 0) is 0 Å². The van der Waals surface area contributed by atoms with E-state index in [4.69, 9.17) is 23.2 Å². The van der Waals surface area contributed by atoms with Gasteiger partial charge in [0.05, 0.1) is 5.02 Å². The molecule has 1 heterocycles. The summed E-state index contributed by atoms with van der Waals surface area (Å²) in [5.74, 6) is -0.619. The molecule has 0 saturated carbocycles. The SMILES string of the molecule is O=C(Nc1cccc(Cl)c1)c1cccc(NC(=O)c2sc3ccccc3c2Cl)c1. The Balaban J connectivity index is 1.53. The van der Waals surface area contributed by atoms with E-state index in [1.807, 2.05) is 24.3 Å². The van der Waals surface area contributed by atoms with Crippen LogP contribution in [0.3, 0.4) is 0 Å². The van der Waals surface area contributed by atoms with E-state index in [0.29, 0.717) is 31.9 Å². The molecule has 0 saturated heterocycles. The van der Waals surface area contributed by atoms with Crippen LogP contribution in [0.4, 0.5) is 11.4 Å². The lowest BCUT2D eigenvalue weighted by Gasteiger charge is -2.08. The van der Waals surface area contributed by atoms with E-state index in [9.17, 15) is 9.59 Å². The van der Waals surface area contributed by atoms with Crippen LogP contribution >= 0.6 is 34.5 Å². The highest BCUT2D eigenvalue weighted by Gasteiger charge is 2.17. The monoisotopic (exact) mass is 440 g/mol. The minimum absolute atomic E-state index is 0.303. The van der Waals surface area contributed by atoms with Gasteiger partial charge in [-0.3, -0.25) is 9.59 Å². The Morgan fingerprint density at radius 1 is 0.759 bits per heavy atom. The molecule has 4 rings (SSSR count). The number of nitrogens with one attached hydrogen (secondary N) is 2. The van der Waals surface area contributed by atoms with Crippen LogP contribution in [0.2, 0.25) is 10.0 Å². The van der Waals surface area contributed by atoms with Crippen LogP contribution in [-0.4, -0.2) is 11.8 Å². The zero-order valence-corrected chi connectivity index (χ0v) is 17.2. The van der Waals surface area contributed by atoms with Gasteiger partial charge in [0.2, 0.25) is 0 Å². The first kappa shape index (κ1) is 19.5. The van der Waals surface area contributed by atoms with Gasteiger partial charge in [0.15, 0.2) is 0 Å². The first-order chi connectivity index (χ1) is 14.0. The molecule has 7 heteroatoms. The first-order valence-corrected chi connectivity index (χ1v) is 10.2. The minimum Gasteiger partial charge on any atom is -0.322 e. The zero-order valence-electron chi connectivity index (χ0n) is 14.9. The summed E-state index contributed by atoms with van der Waals surface area (Å²) in [5, 5.41) is 7.40. The maximum atomic E-state index is 12.7. The Hall–Kier alpha value is -2.86. The quantitative estimate of drug-likeness (QED) is 0.370. The third-order valence-electron chi connectivity index (χ3n) is 4.21. The Morgan fingerprint density at radius 2 is 1.45 bits per heavy atom. The molecule has 0 spiro atoms. The van der Waals surface area contributed by atoms with Crippen LogP contribution in [0.5, 0.6) is 0 Å². The molecule has 0 aliphatic rings. The molecule has 0 aliphatic carbocycles. The lowest BCUT2D eigenvalue weighted by atomic mass is 10.1. The third-order valence-corrected chi connectivity index (χ3v) is 6.12. The third kappa shape index (κ3) is 4.27. The summed E-state index contributed by atoms with van der Waals surface area (Å²) in [7, 11) is 0. The van der Waals surface area contributed by atoms with Crippen LogP contribution in [0, 0.1) is 0 Å². The Morgan fingerprint density at radius 3 is 2.21 bits per heavy atom. The van der Waals surface area contributed by atoms with Crippen LogP contribution in [0.25, 0.3) is 10.1 Å². The molecule has 0 aliphatic heterocycles. The lowest BCUT2D eigenvalue weighted by molar-refractivity contribution is 0.101. The summed E-state index contributed by atoms with van der Waals surface area (Å²) in [6.45, 7) is 0. The highest BCUT2D eigenvalue weighted by molar-refractivity contribution is 7.21. The second-order valence-corrected chi connectivity index (χ2v) is 8.11. The van der Waals surface area contributed by atoms with Crippen molar-refractivity contribution in [2.45, 2.75) is 0 Å². The lowest BCUT2D eigenvalue weighted by Crippen LogP contribution is -2.14. The van der Waals surface area contributed by atoms with Crippen molar-refractivity contribution in [2.24, 2.45) is 0 Å². The normalized spacial score (nSPS) is 10.7. The standard InChI is InChI=1S/C22H14Cl2N2O2S/c23-14-6-4-8-16(12-14)25-21(27)13-5-3-7-15(11-13)26-22(28)20-19(24)17-9-1-2-10-18(17)29-20/h1-12H,(H,25,27)(H,26,28). The van der Waals surface area contributed by atoms with Gasteiger partial charge < -0.3 is 10.6 Å². The van der Waals surface area contributed by atoms with Gasteiger partial charge in [-0.05, 0) is 42.5 Å². The molecule has 0 radical (unpaired) electrons. The van der Waals surface area contributed by atoms with Crippen molar-refractivity contribution in [1.29, 1.82) is 0 Å². The molecule has 0 atom stereocenters. The summed E-state index contributed by atoms with van der Waals surface area (Å²) < 4.78 is 0.942. The number of carbonyl (C=O) groups is 2. The molecule has 4 aromatic rings. The molecule has 3 aromatic carbocycles. The predicted molar refractivity (Wildman–Crippen MR) is 121 cm³/mol. The number of carbonyl (C=O) groups excluding carboxylic acids is 2. The molecule has 0 fully saturated rings. The summed E-state index contributed by atoms with van der Waals surface area (Å²) in [4.78, 5) is 25.7. The van der Waals surface area contributed by atoms with Gasteiger partial charge in [-0.25, -0.2) is 0 Å². The number of hydrogen-bond donors (Lipinski definition) is 2. The van der Waals surface area contributed by atoms with E-state index >= 15 is 0 Å². The fourth-order valence-electron chi connectivity index (χ4n) is 2.86. The molecule has 1 aromatic heterocycles. The average molecular weight is 441 g/mol. The molecule has 29 heavy (non-hydrogen) atoms. The number of hydrogen-bond acceptors (Lipinski definition) is 3. The summed E-state index contributed by atoms with van der Waals surface area (Å²) >= 11 is 13.7. The van der Waals surface area contributed by atoms with Crippen molar-refractivity contribution in [3.63, 3.8) is 0 Å². The number of anilines is 2. The van der Waals surface area contributed by atoms with Crippen LogP contribution < -0.4 is 10.6 Å². The summed E-state index contributed by atoms with van der Waals surface area (Å²) in [6.07, 6.45) is 0. The highest BCUT2D eigenvalue weighted by atomic mass is 35.5. The van der Waals surface area contributed by atoms with E-state index in [-0.39, 0.29) is 11.8 Å². The molecule has 144 valence electrons. The second-order valence-electron chi connectivity index (χ2n) is 6.24. The van der Waals surface area contributed by atoms with E-state index in [1.165, 1.54) is 11.3 Å². The van der Waals surface area contributed by atoms with Gasteiger partial charge in [0.1, 0.15) is 4.88 Å². The fourth-order valence-corrected chi connectivity index (χ4v) is 4.46. The molecular weight excluding hydrogens is 427 g/mol. The van der Waals surface area contributed by atoms with E-state index in [0.717, 1.165) is 10.1 Å². The molecular formula is C22H14Cl2N2O2S.